The molecular formula is C15H28O2. The molecule has 2 fully saturated rings. The lowest BCUT2D eigenvalue weighted by Crippen LogP contribution is -2.43. The van der Waals surface area contributed by atoms with Crippen molar-refractivity contribution in [1.82, 2.24) is 0 Å². The van der Waals surface area contributed by atoms with Crippen LogP contribution in [0.2, 0.25) is 0 Å². The third kappa shape index (κ3) is 3.45. The molecule has 1 saturated carbocycles. The molecule has 0 unspecified atom stereocenters. The predicted molar refractivity (Wildman–Crippen MR) is 70.0 cm³/mol. The maximum absolute atomic E-state index is 5.93. The average Bonchev–Trinajstić information content (AvgIpc) is 2.41. The lowest BCUT2D eigenvalue weighted by molar-refractivity contribution is -0.245. The SMILES string of the molecule is CCCCCC1(C2OCCCO2)CCCCC1. The third-order valence-electron chi connectivity index (χ3n) is 4.45. The van der Waals surface area contributed by atoms with Crippen molar-refractivity contribution in [3.05, 3.63) is 0 Å². The van der Waals surface area contributed by atoms with E-state index in [9.17, 15) is 0 Å². The summed E-state index contributed by atoms with van der Waals surface area (Å²) in [5.74, 6) is 0. The van der Waals surface area contributed by atoms with Gasteiger partial charge in [-0.05, 0) is 25.7 Å². The first-order valence-electron chi connectivity index (χ1n) is 7.61. The first-order chi connectivity index (χ1) is 8.37. The van der Waals surface area contributed by atoms with Crippen LogP contribution in [0.1, 0.15) is 71.1 Å². The van der Waals surface area contributed by atoms with E-state index in [0.29, 0.717) is 5.41 Å². The molecular weight excluding hydrogens is 212 g/mol. The topological polar surface area (TPSA) is 18.5 Å². The summed E-state index contributed by atoms with van der Waals surface area (Å²) in [5.41, 5.74) is 0.355. The molecule has 0 aromatic carbocycles. The van der Waals surface area contributed by atoms with E-state index in [1.807, 2.05) is 0 Å². The Bertz CT molecular complexity index is 203. The Morgan fingerprint density at radius 3 is 2.29 bits per heavy atom. The van der Waals surface area contributed by atoms with Crippen molar-refractivity contribution in [2.24, 2.45) is 5.41 Å². The normalized spacial score (nSPS) is 25.9. The number of hydrogen-bond donors (Lipinski definition) is 0. The summed E-state index contributed by atoms with van der Waals surface area (Å²) in [4.78, 5) is 0. The summed E-state index contributed by atoms with van der Waals surface area (Å²) in [7, 11) is 0. The molecule has 2 nitrogen and oxygen atoms in total. The molecule has 2 heteroatoms. The highest BCUT2D eigenvalue weighted by Crippen LogP contribution is 2.45. The van der Waals surface area contributed by atoms with Crippen LogP contribution in [0.3, 0.4) is 0 Å². The highest BCUT2D eigenvalue weighted by Gasteiger charge is 2.41. The van der Waals surface area contributed by atoms with Gasteiger partial charge >= 0.3 is 0 Å². The number of unbranched alkanes of at least 4 members (excludes halogenated alkanes) is 2. The van der Waals surface area contributed by atoms with E-state index < -0.39 is 0 Å². The zero-order valence-corrected chi connectivity index (χ0v) is 11.4. The Kier molecular flexibility index (Phi) is 5.30. The molecule has 0 aromatic rings. The highest BCUT2D eigenvalue weighted by molar-refractivity contribution is 4.87. The largest absolute Gasteiger partial charge is 0.352 e. The molecule has 0 atom stereocenters. The van der Waals surface area contributed by atoms with Gasteiger partial charge in [0.05, 0.1) is 13.2 Å². The second-order valence-electron chi connectivity index (χ2n) is 5.81. The van der Waals surface area contributed by atoms with Crippen molar-refractivity contribution >= 4 is 0 Å². The van der Waals surface area contributed by atoms with Crippen LogP contribution in [0, 0.1) is 5.41 Å². The van der Waals surface area contributed by atoms with Gasteiger partial charge in [-0.15, -0.1) is 0 Å². The van der Waals surface area contributed by atoms with Crippen LogP contribution >= 0.6 is 0 Å². The van der Waals surface area contributed by atoms with Crippen molar-refractivity contribution in [3.8, 4) is 0 Å². The van der Waals surface area contributed by atoms with E-state index >= 15 is 0 Å². The lowest BCUT2D eigenvalue weighted by Gasteiger charge is -2.44. The first kappa shape index (κ1) is 13.4. The minimum absolute atomic E-state index is 0.105. The summed E-state index contributed by atoms with van der Waals surface area (Å²) >= 11 is 0. The quantitative estimate of drug-likeness (QED) is 0.668. The van der Waals surface area contributed by atoms with Crippen LogP contribution in [-0.4, -0.2) is 19.5 Å². The maximum atomic E-state index is 5.93. The van der Waals surface area contributed by atoms with Gasteiger partial charge < -0.3 is 9.47 Å². The molecule has 1 aliphatic heterocycles. The molecule has 2 rings (SSSR count). The van der Waals surface area contributed by atoms with Gasteiger partial charge in [-0.2, -0.15) is 0 Å². The Morgan fingerprint density at radius 1 is 0.941 bits per heavy atom. The van der Waals surface area contributed by atoms with Crippen molar-refractivity contribution in [3.63, 3.8) is 0 Å². The second-order valence-corrected chi connectivity index (χ2v) is 5.81. The molecule has 0 amide bonds. The lowest BCUT2D eigenvalue weighted by atomic mass is 9.70. The Labute approximate surface area is 106 Å². The Hall–Kier alpha value is -0.0800. The van der Waals surface area contributed by atoms with Crippen LogP contribution < -0.4 is 0 Å². The van der Waals surface area contributed by atoms with Crippen molar-refractivity contribution < 1.29 is 9.47 Å². The average molecular weight is 240 g/mol. The van der Waals surface area contributed by atoms with E-state index in [0.717, 1.165) is 19.6 Å². The molecule has 0 N–H and O–H groups in total. The molecule has 0 spiro atoms. The molecule has 100 valence electrons. The van der Waals surface area contributed by atoms with Crippen molar-refractivity contribution in [2.75, 3.05) is 13.2 Å². The molecule has 1 saturated heterocycles. The summed E-state index contributed by atoms with van der Waals surface area (Å²) in [6, 6.07) is 0. The molecule has 0 aromatic heterocycles. The van der Waals surface area contributed by atoms with Crippen LogP contribution in [0.15, 0.2) is 0 Å². The zero-order valence-electron chi connectivity index (χ0n) is 11.4. The Balaban J connectivity index is 1.94. The fourth-order valence-electron chi connectivity index (χ4n) is 3.43. The van der Waals surface area contributed by atoms with Gasteiger partial charge in [0, 0.05) is 5.41 Å². The van der Waals surface area contributed by atoms with E-state index in [1.54, 1.807) is 0 Å². The van der Waals surface area contributed by atoms with Gasteiger partial charge in [-0.1, -0.05) is 45.4 Å². The van der Waals surface area contributed by atoms with E-state index in [2.05, 4.69) is 6.92 Å². The number of hydrogen-bond acceptors (Lipinski definition) is 2. The van der Waals surface area contributed by atoms with Gasteiger partial charge in [0.1, 0.15) is 0 Å². The summed E-state index contributed by atoms with van der Waals surface area (Å²) in [6.45, 7) is 4.08. The smallest absolute Gasteiger partial charge is 0.163 e. The number of ether oxygens (including phenoxy) is 2. The van der Waals surface area contributed by atoms with Crippen molar-refractivity contribution in [2.45, 2.75) is 77.4 Å². The highest BCUT2D eigenvalue weighted by atomic mass is 16.7. The summed E-state index contributed by atoms with van der Waals surface area (Å²) < 4.78 is 11.9. The van der Waals surface area contributed by atoms with E-state index in [4.69, 9.17) is 9.47 Å². The molecule has 1 aliphatic carbocycles. The summed E-state index contributed by atoms with van der Waals surface area (Å²) in [5, 5.41) is 0. The molecule has 0 bridgehead atoms. The third-order valence-corrected chi connectivity index (χ3v) is 4.45. The standard InChI is InChI=1S/C15H28O2/c1-2-3-5-9-15(10-6-4-7-11-15)14-16-12-8-13-17-14/h14H,2-13H2,1H3. The van der Waals surface area contributed by atoms with Gasteiger partial charge in [-0.3, -0.25) is 0 Å². The van der Waals surface area contributed by atoms with Crippen molar-refractivity contribution in [1.29, 1.82) is 0 Å². The van der Waals surface area contributed by atoms with Crippen LogP contribution in [0.5, 0.6) is 0 Å². The minimum Gasteiger partial charge on any atom is -0.352 e. The first-order valence-corrected chi connectivity index (χ1v) is 7.61. The summed E-state index contributed by atoms with van der Waals surface area (Å²) in [6.07, 6.45) is 13.3. The Morgan fingerprint density at radius 2 is 1.65 bits per heavy atom. The van der Waals surface area contributed by atoms with Gasteiger partial charge in [0.2, 0.25) is 0 Å². The van der Waals surface area contributed by atoms with Crippen LogP contribution in [0.25, 0.3) is 0 Å². The van der Waals surface area contributed by atoms with Crippen LogP contribution in [-0.2, 0) is 9.47 Å². The van der Waals surface area contributed by atoms with Crippen LogP contribution in [0.4, 0.5) is 0 Å². The minimum atomic E-state index is 0.105. The molecule has 2 aliphatic rings. The van der Waals surface area contributed by atoms with Gasteiger partial charge in [-0.25, -0.2) is 0 Å². The zero-order chi connectivity index (χ0) is 12.0. The number of rotatable bonds is 5. The van der Waals surface area contributed by atoms with Gasteiger partial charge in [0.15, 0.2) is 6.29 Å². The van der Waals surface area contributed by atoms with E-state index in [1.165, 1.54) is 57.8 Å². The van der Waals surface area contributed by atoms with Gasteiger partial charge in [0.25, 0.3) is 0 Å². The fraction of sp³-hybridized carbons (Fsp3) is 1.00. The molecule has 17 heavy (non-hydrogen) atoms. The monoisotopic (exact) mass is 240 g/mol. The maximum Gasteiger partial charge on any atom is 0.163 e. The van der Waals surface area contributed by atoms with E-state index in [-0.39, 0.29) is 6.29 Å². The molecule has 0 radical (unpaired) electrons. The fourth-order valence-corrected chi connectivity index (χ4v) is 3.43. The molecule has 1 heterocycles. The second kappa shape index (κ2) is 6.75. The predicted octanol–water partition coefficient (Wildman–Crippen LogP) is 4.28.